The minimum absolute atomic E-state index is 0.701. The van der Waals surface area contributed by atoms with Crippen molar-refractivity contribution in [2.24, 2.45) is 0 Å². The molecule has 4 heteroatoms. The number of nitrogens with zero attached hydrogens (tertiary/aromatic N) is 1. The first kappa shape index (κ1) is 10.2. The molecule has 3 nitrogen and oxygen atoms in total. The van der Waals surface area contributed by atoms with Gasteiger partial charge < -0.3 is 10.7 Å². The van der Waals surface area contributed by atoms with E-state index in [1.165, 1.54) is 0 Å². The summed E-state index contributed by atoms with van der Waals surface area (Å²) in [5, 5.41) is 1.79. The van der Waals surface area contributed by atoms with E-state index >= 15 is 0 Å². The number of hydrogen-bond acceptors (Lipinski definition) is 2. The molecule has 0 bridgehead atoms. The van der Waals surface area contributed by atoms with E-state index in [0.717, 1.165) is 27.3 Å². The van der Waals surface area contributed by atoms with E-state index in [-0.39, 0.29) is 0 Å². The zero-order valence-electron chi connectivity index (χ0n) is 8.94. The van der Waals surface area contributed by atoms with Crippen molar-refractivity contribution < 1.29 is 0 Å². The van der Waals surface area contributed by atoms with Gasteiger partial charge in [-0.05, 0) is 36.4 Å². The van der Waals surface area contributed by atoms with Crippen molar-refractivity contribution in [1.29, 1.82) is 0 Å². The lowest BCUT2D eigenvalue weighted by atomic mass is 10.2. The third-order valence-corrected chi connectivity index (χ3v) is 2.88. The number of H-pyrrole nitrogens is 1. The number of halogens is 1. The predicted octanol–water partition coefficient (Wildman–Crippen LogP) is 3.47. The Balaban J connectivity index is 2.18. The Labute approximate surface area is 103 Å². The van der Waals surface area contributed by atoms with Gasteiger partial charge in [0, 0.05) is 27.8 Å². The van der Waals surface area contributed by atoms with Gasteiger partial charge in [0.05, 0.1) is 11.4 Å². The average molecular weight is 244 g/mol. The molecule has 2 aromatic heterocycles. The fourth-order valence-corrected chi connectivity index (χ4v) is 2.02. The molecule has 0 aliphatic carbocycles. The van der Waals surface area contributed by atoms with Gasteiger partial charge in [-0.15, -0.1) is 0 Å². The highest BCUT2D eigenvalue weighted by Crippen LogP contribution is 2.25. The lowest BCUT2D eigenvalue weighted by molar-refractivity contribution is 1.29. The number of benzene rings is 1. The van der Waals surface area contributed by atoms with Crippen molar-refractivity contribution in [3.8, 4) is 11.4 Å². The van der Waals surface area contributed by atoms with E-state index in [1.807, 2.05) is 30.3 Å². The van der Waals surface area contributed by atoms with E-state index in [4.69, 9.17) is 17.3 Å². The van der Waals surface area contributed by atoms with Gasteiger partial charge in [-0.1, -0.05) is 11.6 Å². The molecule has 3 N–H and O–H groups in total. The van der Waals surface area contributed by atoms with Crippen LogP contribution in [0.4, 0.5) is 5.69 Å². The lowest BCUT2D eigenvalue weighted by Gasteiger charge is -1.97. The van der Waals surface area contributed by atoms with Gasteiger partial charge in [0.15, 0.2) is 0 Å². The summed E-state index contributed by atoms with van der Waals surface area (Å²) in [4.78, 5) is 7.57. The zero-order chi connectivity index (χ0) is 11.8. The van der Waals surface area contributed by atoms with Gasteiger partial charge in [0.1, 0.15) is 0 Å². The molecule has 0 aliphatic rings. The Hall–Kier alpha value is -2.00. The molecule has 1 aromatic carbocycles. The summed E-state index contributed by atoms with van der Waals surface area (Å²) in [7, 11) is 0. The Kier molecular flexibility index (Phi) is 2.27. The number of pyridine rings is 1. The van der Waals surface area contributed by atoms with E-state index in [2.05, 4.69) is 9.97 Å². The normalized spacial score (nSPS) is 10.9. The number of hydrogen-bond donors (Lipinski definition) is 2. The van der Waals surface area contributed by atoms with Crippen LogP contribution in [-0.4, -0.2) is 9.97 Å². The number of aromatic amines is 1. The Bertz CT molecular complexity index is 688. The minimum Gasteiger partial charge on any atom is -0.399 e. The van der Waals surface area contributed by atoms with Crippen molar-refractivity contribution in [2.45, 2.75) is 0 Å². The standard InChI is InChI=1S/C13H10ClN3/c14-9-1-2-11-8(5-9)6-13(17-11)12-7-10(15)3-4-16-12/h1-7,17H,(H2,15,16). The molecule has 0 saturated heterocycles. The van der Waals surface area contributed by atoms with Crippen LogP contribution in [0.3, 0.4) is 0 Å². The summed E-state index contributed by atoms with van der Waals surface area (Å²) in [6.45, 7) is 0. The highest BCUT2D eigenvalue weighted by Gasteiger charge is 2.05. The maximum Gasteiger partial charge on any atom is 0.0885 e. The van der Waals surface area contributed by atoms with Crippen LogP contribution in [-0.2, 0) is 0 Å². The molecule has 0 saturated carbocycles. The van der Waals surface area contributed by atoms with Gasteiger partial charge in [-0.25, -0.2) is 0 Å². The third kappa shape index (κ3) is 1.85. The zero-order valence-corrected chi connectivity index (χ0v) is 9.70. The summed E-state index contributed by atoms with van der Waals surface area (Å²) in [6.07, 6.45) is 1.70. The fourth-order valence-electron chi connectivity index (χ4n) is 1.84. The van der Waals surface area contributed by atoms with Crippen molar-refractivity contribution in [1.82, 2.24) is 9.97 Å². The molecule has 3 aromatic rings. The fraction of sp³-hybridized carbons (Fsp3) is 0. The van der Waals surface area contributed by atoms with E-state index < -0.39 is 0 Å². The Morgan fingerprint density at radius 2 is 2.00 bits per heavy atom. The van der Waals surface area contributed by atoms with Gasteiger partial charge in [0.25, 0.3) is 0 Å². The van der Waals surface area contributed by atoms with Crippen LogP contribution in [0.15, 0.2) is 42.6 Å². The first-order valence-electron chi connectivity index (χ1n) is 5.22. The first-order valence-corrected chi connectivity index (χ1v) is 5.60. The van der Waals surface area contributed by atoms with Crippen LogP contribution in [0.5, 0.6) is 0 Å². The van der Waals surface area contributed by atoms with Crippen LogP contribution in [0.2, 0.25) is 5.02 Å². The minimum atomic E-state index is 0.701. The van der Waals surface area contributed by atoms with Crippen LogP contribution < -0.4 is 5.73 Å². The average Bonchev–Trinajstić information content (AvgIpc) is 2.72. The molecular formula is C13H10ClN3. The lowest BCUT2D eigenvalue weighted by Crippen LogP contribution is -1.88. The molecule has 2 heterocycles. The highest BCUT2D eigenvalue weighted by atomic mass is 35.5. The highest BCUT2D eigenvalue weighted by molar-refractivity contribution is 6.31. The van der Waals surface area contributed by atoms with Gasteiger partial charge in [-0.3, -0.25) is 4.98 Å². The molecule has 0 atom stereocenters. The number of fused-ring (bicyclic) bond motifs is 1. The van der Waals surface area contributed by atoms with E-state index in [0.29, 0.717) is 5.69 Å². The van der Waals surface area contributed by atoms with E-state index in [1.54, 1.807) is 12.3 Å². The van der Waals surface area contributed by atoms with Crippen molar-refractivity contribution in [3.05, 3.63) is 47.6 Å². The van der Waals surface area contributed by atoms with Crippen molar-refractivity contribution in [2.75, 3.05) is 5.73 Å². The number of rotatable bonds is 1. The predicted molar refractivity (Wildman–Crippen MR) is 71.0 cm³/mol. The van der Waals surface area contributed by atoms with Crippen LogP contribution in [0.25, 0.3) is 22.3 Å². The number of nitrogens with one attached hydrogen (secondary N) is 1. The molecule has 84 valence electrons. The quantitative estimate of drug-likeness (QED) is 0.688. The summed E-state index contributed by atoms with van der Waals surface area (Å²) in [5.74, 6) is 0. The smallest absolute Gasteiger partial charge is 0.0885 e. The first-order chi connectivity index (χ1) is 8.22. The second-order valence-electron chi connectivity index (χ2n) is 3.89. The monoisotopic (exact) mass is 243 g/mol. The van der Waals surface area contributed by atoms with Crippen LogP contribution in [0.1, 0.15) is 0 Å². The summed E-state index contributed by atoms with van der Waals surface area (Å²) in [6, 6.07) is 11.4. The molecule has 17 heavy (non-hydrogen) atoms. The molecule has 0 fully saturated rings. The molecule has 0 spiro atoms. The second-order valence-corrected chi connectivity index (χ2v) is 4.33. The maximum atomic E-state index is 5.95. The Morgan fingerprint density at radius 1 is 1.12 bits per heavy atom. The topological polar surface area (TPSA) is 54.7 Å². The third-order valence-electron chi connectivity index (χ3n) is 2.64. The number of aromatic nitrogens is 2. The van der Waals surface area contributed by atoms with Crippen molar-refractivity contribution >= 4 is 28.2 Å². The number of nitrogens with two attached hydrogens (primary N) is 1. The summed E-state index contributed by atoms with van der Waals surface area (Å²) >= 11 is 5.95. The summed E-state index contributed by atoms with van der Waals surface area (Å²) < 4.78 is 0. The van der Waals surface area contributed by atoms with Gasteiger partial charge in [0.2, 0.25) is 0 Å². The molecule has 0 aliphatic heterocycles. The number of nitrogen functional groups attached to an aromatic ring is 1. The number of anilines is 1. The summed E-state index contributed by atoms with van der Waals surface area (Å²) in [5.41, 5.74) is 9.25. The molecule has 0 unspecified atom stereocenters. The van der Waals surface area contributed by atoms with Gasteiger partial charge >= 0.3 is 0 Å². The largest absolute Gasteiger partial charge is 0.399 e. The molecular weight excluding hydrogens is 234 g/mol. The maximum absolute atomic E-state index is 5.95. The van der Waals surface area contributed by atoms with Crippen LogP contribution >= 0.6 is 11.6 Å². The molecule has 0 radical (unpaired) electrons. The van der Waals surface area contributed by atoms with Gasteiger partial charge in [-0.2, -0.15) is 0 Å². The SMILES string of the molecule is Nc1ccnc(-c2cc3cc(Cl)ccc3[nH]2)c1. The van der Waals surface area contributed by atoms with E-state index in [9.17, 15) is 0 Å². The molecule has 0 amide bonds. The van der Waals surface area contributed by atoms with Crippen LogP contribution in [0, 0.1) is 0 Å². The second kappa shape index (κ2) is 3.79. The van der Waals surface area contributed by atoms with Crippen molar-refractivity contribution in [3.63, 3.8) is 0 Å². The molecule has 3 rings (SSSR count). The Morgan fingerprint density at radius 3 is 2.82 bits per heavy atom.